The first-order valence-corrected chi connectivity index (χ1v) is 3.40. The quantitative estimate of drug-likeness (QED) is 0.291. The van der Waals surface area contributed by atoms with Crippen LogP contribution in [-0.2, 0) is 4.79 Å². The predicted molar refractivity (Wildman–Crippen MR) is 40.3 cm³/mol. The molecule has 0 aliphatic heterocycles. The van der Waals surface area contributed by atoms with Gasteiger partial charge >= 0.3 is 1.43 Å². The number of aldehydes is 1. The number of hydrogen-bond donors (Lipinski definition) is 5. The monoisotopic (exact) mass is 215 g/mol. The highest BCUT2D eigenvalue weighted by atomic mass is 35.5. The number of aliphatic hydroxyl groups is 4. The first kappa shape index (κ1) is 15.2. The molecule has 0 saturated carbocycles. The molecule has 0 spiro atoms. The molecule has 0 aromatic rings. The van der Waals surface area contributed by atoms with E-state index >= 15 is 0 Å². The third kappa shape index (κ3) is 4.51. The number of aliphatic hydroxyl groups excluding tert-OH is 4. The van der Waals surface area contributed by atoms with E-state index in [2.05, 4.69) is 0 Å². The van der Waals surface area contributed by atoms with Crippen LogP contribution in [0.1, 0.15) is 1.43 Å². The molecular formula is C6H14ClNO5. The van der Waals surface area contributed by atoms with Gasteiger partial charge in [0, 0.05) is 0 Å². The Hall–Kier alpha value is -0.240. The first-order chi connectivity index (χ1) is 5.54. The molecule has 0 bridgehead atoms. The Kier molecular flexibility index (Phi) is 8.43. The molecule has 0 aliphatic carbocycles. The van der Waals surface area contributed by atoms with E-state index in [1.54, 1.807) is 0 Å². The molecule has 0 aliphatic rings. The smallest absolute Gasteiger partial charge is 1.00 e. The largest absolute Gasteiger partial charge is 1.00 e. The van der Waals surface area contributed by atoms with Crippen molar-refractivity contribution in [2.75, 3.05) is 6.61 Å². The zero-order valence-electron chi connectivity index (χ0n) is 7.75. The highest BCUT2D eigenvalue weighted by molar-refractivity contribution is 5.58. The minimum atomic E-state index is -1.62. The molecule has 80 valence electrons. The van der Waals surface area contributed by atoms with Crippen LogP contribution in [-0.4, -0.2) is 57.7 Å². The molecule has 6 nitrogen and oxygen atoms in total. The zero-order chi connectivity index (χ0) is 9.72. The highest BCUT2D eigenvalue weighted by Crippen LogP contribution is 2.01. The van der Waals surface area contributed by atoms with Crippen LogP contribution in [0, 0.1) is 0 Å². The van der Waals surface area contributed by atoms with Gasteiger partial charge in [-0.05, 0) is 0 Å². The number of nitrogens with two attached hydrogens (primary N) is 1. The summed E-state index contributed by atoms with van der Waals surface area (Å²) in [6.07, 6.45) is -4.43. The Morgan fingerprint density at radius 2 is 1.77 bits per heavy atom. The molecule has 0 aromatic heterocycles. The highest BCUT2D eigenvalue weighted by Gasteiger charge is 2.28. The van der Waals surface area contributed by atoms with Crippen LogP contribution >= 0.6 is 0 Å². The van der Waals surface area contributed by atoms with Crippen molar-refractivity contribution in [2.24, 2.45) is 5.73 Å². The maximum Gasteiger partial charge on any atom is 1.00 e. The lowest BCUT2D eigenvalue weighted by Gasteiger charge is -2.23. The summed E-state index contributed by atoms with van der Waals surface area (Å²) in [5, 5.41) is 35.2. The van der Waals surface area contributed by atoms with Crippen molar-refractivity contribution in [3.63, 3.8) is 0 Å². The second-order valence-corrected chi connectivity index (χ2v) is 2.44. The second kappa shape index (κ2) is 7.19. The SMILES string of the molecule is N[C@@H](C=O)[C@@H](O)[C@H](O)[C@H](O)CO.[Cl-].[H+]. The molecule has 0 fully saturated rings. The van der Waals surface area contributed by atoms with E-state index < -0.39 is 31.0 Å². The molecule has 6 N–H and O–H groups in total. The number of carbonyl (C=O) groups excluding carboxylic acids is 1. The predicted octanol–water partition coefficient (Wildman–Crippen LogP) is -6.30. The van der Waals surface area contributed by atoms with Crippen LogP contribution < -0.4 is 18.1 Å². The van der Waals surface area contributed by atoms with E-state index in [0.717, 1.165) is 0 Å². The number of rotatable bonds is 5. The van der Waals surface area contributed by atoms with Gasteiger partial charge in [-0.25, -0.2) is 0 Å². The maximum absolute atomic E-state index is 10.0. The Labute approximate surface area is 82.9 Å². The molecule has 0 saturated heterocycles. The van der Waals surface area contributed by atoms with E-state index in [1.165, 1.54) is 0 Å². The van der Waals surface area contributed by atoms with Crippen LogP contribution in [0.3, 0.4) is 0 Å². The van der Waals surface area contributed by atoms with E-state index in [-0.39, 0.29) is 20.1 Å². The summed E-state index contributed by atoms with van der Waals surface area (Å²) in [6.45, 7) is -0.705. The second-order valence-electron chi connectivity index (χ2n) is 2.44. The van der Waals surface area contributed by atoms with Crippen LogP contribution in [0.2, 0.25) is 0 Å². The average Bonchev–Trinajstić information content (AvgIpc) is 2.12. The van der Waals surface area contributed by atoms with Crippen LogP contribution in [0.25, 0.3) is 0 Å². The van der Waals surface area contributed by atoms with Gasteiger partial charge in [-0.3, -0.25) is 0 Å². The van der Waals surface area contributed by atoms with Crippen LogP contribution in [0.15, 0.2) is 0 Å². The summed E-state index contributed by atoms with van der Waals surface area (Å²) in [5.74, 6) is 0. The molecule has 0 unspecified atom stereocenters. The Morgan fingerprint density at radius 1 is 1.31 bits per heavy atom. The van der Waals surface area contributed by atoms with Crippen molar-refractivity contribution in [3.8, 4) is 0 Å². The number of carbonyl (C=O) groups is 1. The summed E-state index contributed by atoms with van der Waals surface area (Å²) in [7, 11) is 0. The number of halogens is 1. The Bertz CT molecular complexity index is 152. The fourth-order valence-corrected chi connectivity index (χ4v) is 0.644. The van der Waals surface area contributed by atoms with E-state index in [0.29, 0.717) is 0 Å². The topological polar surface area (TPSA) is 124 Å². The van der Waals surface area contributed by atoms with Gasteiger partial charge in [0.15, 0.2) is 0 Å². The van der Waals surface area contributed by atoms with Gasteiger partial charge in [-0.1, -0.05) is 0 Å². The third-order valence-electron chi connectivity index (χ3n) is 1.48. The summed E-state index contributed by atoms with van der Waals surface area (Å²) in [5.41, 5.74) is 5.04. The van der Waals surface area contributed by atoms with Gasteiger partial charge in [0.2, 0.25) is 0 Å². The third-order valence-corrected chi connectivity index (χ3v) is 1.48. The average molecular weight is 216 g/mol. The zero-order valence-corrected chi connectivity index (χ0v) is 7.50. The summed E-state index contributed by atoms with van der Waals surface area (Å²) >= 11 is 0. The lowest BCUT2D eigenvalue weighted by molar-refractivity contribution is -0.118. The van der Waals surface area contributed by atoms with Crippen LogP contribution in [0.5, 0.6) is 0 Å². The number of hydrogen-bond acceptors (Lipinski definition) is 6. The van der Waals surface area contributed by atoms with Gasteiger partial charge in [0.05, 0.1) is 12.6 Å². The van der Waals surface area contributed by atoms with Crippen molar-refractivity contribution in [3.05, 3.63) is 0 Å². The van der Waals surface area contributed by atoms with E-state index in [9.17, 15) is 4.79 Å². The molecule has 0 aromatic carbocycles. The van der Waals surface area contributed by atoms with Gasteiger partial charge < -0.3 is 43.4 Å². The molecule has 0 amide bonds. The summed E-state index contributed by atoms with van der Waals surface area (Å²) < 4.78 is 0. The van der Waals surface area contributed by atoms with Crippen LogP contribution in [0.4, 0.5) is 0 Å². The molecule has 13 heavy (non-hydrogen) atoms. The minimum Gasteiger partial charge on any atom is -1.00 e. The summed E-state index contributed by atoms with van der Waals surface area (Å²) in [6, 6.07) is -1.26. The van der Waals surface area contributed by atoms with Crippen molar-refractivity contribution in [1.82, 2.24) is 0 Å². The standard InChI is InChI=1S/C6H13NO5.ClH/c7-3(1-8)5(11)6(12)4(10)2-9;/h1,3-6,9-12H,2,7H2;1H/t3-,4+,5+,6+;/m0./s1. The van der Waals surface area contributed by atoms with Crippen molar-refractivity contribution < 1.29 is 39.1 Å². The maximum atomic E-state index is 10.0. The molecule has 0 heterocycles. The van der Waals surface area contributed by atoms with Crippen molar-refractivity contribution in [2.45, 2.75) is 24.4 Å². The van der Waals surface area contributed by atoms with Gasteiger partial charge in [0.1, 0.15) is 24.6 Å². The Morgan fingerprint density at radius 3 is 2.08 bits per heavy atom. The minimum absolute atomic E-state index is 0. The molecule has 7 heteroatoms. The van der Waals surface area contributed by atoms with Gasteiger partial charge in [0.25, 0.3) is 0 Å². The van der Waals surface area contributed by atoms with Gasteiger partial charge in [-0.2, -0.15) is 0 Å². The molecule has 4 atom stereocenters. The summed E-state index contributed by atoms with van der Waals surface area (Å²) in [4.78, 5) is 10.0. The van der Waals surface area contributed by atoms with E-state index in [1.807, 2.05) is 0 Å². The van der Waals surface area contributed by atoms with Crippen molar-refractivity contribution in [1.29, 1.82) is 0 Å². The fourth-order valence-electron chi connectivity index (χ4n) is 0.644. The molecule has 0 radical (unpaired) electrons. The first-order valence-electron chi connectivity index (χ1n) is 3.40. The van der Waals surface area contributed by atoms with E-state index in [4.69, 9.17) is 26.2 Å². The fraction of sp³-hybridized carbons (Fsp3) is 0.833. The van der Waals surface area contributed by atoms with Crippen molar-refractivity contribution >= 4 is 6.29 Å². The lowest BCUT2D eigenvalue weighted by atomic mass is 10.0. The lowest BCUT2D eigenvalue weighted by Crippen LogP contribution is -3.00. The normalized spacial score (nSPS) is 19.5. The molecular weight excluding hydrogens is 202 g/mol. The van der Waals surface area contributed by atoms with Gasteiger partial charge in [-0.15, -0.1) is 0 Å². The molecule has 0 rings (SSSR count). The Balaban J connectivity index is -0.000000605.